The summed E-state index contributed by atoms with van der Waals surface area (Å²) in [7, 11) is -1.25. The van der Waals surface area contributed by atoms with Crippen molar-refractivity contribution in [2.24, 2.45) is 12.5 Å². The van der Waals surface area contributed by atoms with E-state index in [1.807, 2.05) is 0 Å². The number of aryl methyl sites for hydroxylation is 1. The Morgan fingerprint density at radius 3 is 2.46 bits per heavy atom. The minimum atomic E-state index is -4.17. The van der Waals surface area contributed by atoms with Gasteiger partial charge in [0.15, 0.2) is 26.8 Å². The molecule has 0 aromatic carbocycles. The Bertz CT molecular complexity index is 930. The smallest absolute Gasteiger partial charge is 0.216 e. The van der Waals surface area contributed by atoms with Crippen molar-refractivity contribution in [1.29, 1.82) is 0 Å². The van der Waals surface area contributed by atoms with Gasteiger partial charge in [0.1, 0.15) is 11.1 Å². The van der Waals surface area contributed by atoms with E-state index in [9.17, 15) is 13.2 Å². The number of sulfone groups is 1. The summed E-state index contributed by atoms with van der Waals surface area (Å²) >= 11 is 5.26. The molecule has 1 aromatic rings. The molecular weight excluding hydrogens is 378 g/mol. The molecule has 0 bridgehead atoms. The number of carbonyl (C=O) groups is 1. The van der Waals surface area contributed by atoms with Crippen LogP contribution in [0.1, 0.15) is 33.5 Å². The second-order valence-electron chi connectivity index (χ2n) is 7.54. The zero-order valence-electron chi connectivity index (χ0n) is 15.4. The zero-order chi connectivity index (χ0) is 19.7. The summed E-state index contributed by atoms with van der Waals surface area (Å²) in [5.41, 5.74) is -0.646. The van der Waals surface area contributed by atoms with Crippen molar-refractivity contribution in [3.63, 3.8) is 0 Å². The monoisotopic (exact) mass is 399 g/mol. The Morgan fingerprint density at radius 2 is 2.00 bits per heavy atom. The number of fused-ring (bicyclic) bond motifs is 1. The number of methoxy groups -OCH3 is 1. The molecule has 0 aliphatic carbocycles. The molecule has 0 amide bonds. The van der Waals surface area contributed by atoms with Crippen molar-refractivity contribution in [3.05, 3.63) is 17.6 Å². The molecule has 1 fully saturated rings. The number of thiocarbonyl (C=S) groups is 1. The van der Waals surface area contributed by atoms with Crippen molar-refractivity contribution in [1.82, 2.24) is 25.1 Å². The first-order valence-electron chi connectivity index (χ1n) is 7.97. The molecular formula is C15H21N5O4S2. The van der Waals surface area contributed by atoms with Crippen LogP contribution < -0.4 is 0 Å². The molecule has 3 atom stereocenters. The largest absolute Gasteiger partial charge is 0.371 e. The van der Waals surface area contributed by atoms with E-state index >= 15 is 0 Å². The predicted molar refractivity (Wildman–Crippen MR) is 96.6 cm³/mol. The van der Waals surface area contributed by atoms with Crippen molar-refractivity contribution < 1.29 is 17.9 Å². The summed E-state index contributed by atoms with van der Waals surface area (Å²) < 4.78 is 32.1. The molecule has 142 valence electrons. The first-order valence-corrected chi connectivity index (χ1v) is 9.93. The molecule has 0 N–H and O–H groups in total. The van der Waals surface area contributed by atoms with Gasteiger partial charge in [0.05, 0.1) is 0 Å². The van der Waals surface area contributed by atoms with E-state index in [1.165, 1.54) is 23.7 Å². The Balaban J connectivity index is 2.39. The third-order valence-electron chi connectivity index (χ3n) is 4.85. The van der Waals surface area contributed by atoms with Crippen LogP contribution in [0.4, 0.5) is 0 Å². The van der Waals surface area contributed by atoms with Gasteiger partial charge in [-0.15, -0.1) is 5.10 Å². The SMILES string of the molecule is CO[C@H]1C(=S)N2C=C(C)C(C(=O)C(C)(C)C)(c3nnnn3C)S(=O)(=O)[C@H]12. The van der Waals surface area contributed by atoms with Crippen LogP contribution >= 0.6 is 12.2 Å². The molecule has 3 rings (SSSR count). The highest BCUT2D eigenvalue weighted by atomic mass is 32.2. The van der Waals surface area contributed by atoms with E-state index in [0.29, 0.717) is 10.6 Å². The summed E-state index contributed by atoms with van der Waals surface area (Å²) in [5.74, 6) is -0.525. The van der Waals surface area contributed by atoms with E-state index in [-0.39, 0.29) is 5.82 Å². The second-order valence-corrected chi connectivity index (χ2v) is 10.1. The number of carbonyl (C=O) groups excluding carboxylic acids is 1. The predicted octanol–water partition coefficient (Wildman–Crippen LogP) is 0.337. The number of ketones is 1. The number of Topliss-reactive ketones (excluding diaryl/α,β-unsaturated/α-hetero) is 1. The first-order chi connectivity index (χ1) is 11.9. The van der Waals surface area contributed by atoms with Gasteiger partial charge < -0.3 is 9.64 Å². The third-order valence-corrected chi connectivity index (χ3v) is 7.95. The van der Waals surface area contributed by atoms with Crippen LogP contribution in [-0.2, 0) is 31.2 Å². The Hall–Kier alpha value is -1.72. The fourth-order valence-electron chi connectivity index (χ4n) is 3.60. The third kappa shape index (κ3) is 2.10. The number of nitrogens with zero attached hydrogens (tertiary/aromatic N) is 5. The lowest BCUT2D eigenvalue weighted by atomic mass is 9.78. The quantitative estimate of drug-likeness (QED) is 0.665. The highest BCUT2D eigenvalue weighted by Gasteiger charge is 2.69. The number of rotatable bonds is 3. The Kier molecular flexibility index (Phi) is 4.13. The van der Waals surface area contributed by atoms with Gasteiger partial charge in [0, 0.05) is 25.8 Å². The summed E-state index contributed by atoms with van der Waals surface area (Å²) in [6.45, 7) is 6.62. The maximum absolute atomic E-state index is 13.8. The molecule has 2 aliphatic heterocycles. The minimum Gasteiger partial charge on any atom is -0.371 e. The summed E-state index contributed by atoms with van der Waals surface area (Å²) in [5, 5.41) is 10.2. The number of aromatic nitrogens is 4. The lowest BCUT2D eigenvalue weighted by molar-refractivity contribution is -0.128. The molecule has 0 spiro atoms. The molecule has 3 heterocycles. The fraction of sp³-hybridized carbons (Fsp3) is 0.667. The van der Waals surface area contributed by atoms with Crippen molar-refractivity contribution in [3.8, 4) is 0 Å². The Labute approximate surface area is 157 Å². The standard InChI is InChI=1S/C15H21N5O4S2/c1-8-7-20-10(25)9(24-6)11(20)26(22,23)15(8,12(21)14(2,3)4)13-16-17-18-19(13)5/h7,9,11H,1-6H3/t9-,11+,15?/m0/s1. The average molecular weight is 399 g/mol. The van der Waals surface area contributed by atoms with Gasteiger partial charge in [-0.1, -0.05) is 33.0 Å². The normalized spacial score (nSPS) is 30.5. The fourth-order valence-corrected chi connectivity index (χ4v) is 7.04. The topological polar surface area (TPSA) is 107 Å². The van der Waals surface area contributed by atoms with Gasteiger partial charge in [-0.3, -0.25) is 4.79 Å². The summed E-state index contributed by atoms with van der Waals surface area (Å²) in [6.07, 6.45) is 0.801. The van der Waals surface area contributed by atoms with Crippen LogP contribution in [0.2, 0.25) is 0 Å². The zero-order valence-corrected chi connectivity index (χ0v) is 17.1. The minimum absolute atomic E-state index is 0.0292. The van der Waals surface area contributed by atoms with Crippen molar-refractivity contribution in [2.45, 2.75) is 43.9 Å². The summed E-state index contributed by atoms with van der Waals surface area (Å²) in [4.78, 5) is 15.4. The highest BCUT2D eigenvalue weighted by molar-refractivity contribution is 7.94. The number of hydrogen-bond acceptors (Lipinski definition) is 8. The lowest BCUT2D eigenvalue weighted by Crippen LogP contribution is -2.72. The first kappa shape index (κ1) is 19.1. The van der Waals surface area contributed by atoms with Crippen LogP contribution in [0.15, 0.2) is 11.8 Å². The maximum Gasteiger partial charge on any atom is 0.216 e. The molecule has 1 aromatic heterocycles. The van der Waals surface area contributed by atoms with Gasteiger partial charge in [-0.25, -0.2) is 13.1 Å². The van der Waals surface area contributed by atoms with Crippen LogP contribution in [0, 0.1) is 5.41 Å². The van der Waals surface area contributed by atoms with Gasteiger partial charge in [0.25, 0.3) is 0 Å². The molecule has 1 saturated heterocycles. The van der Waals surface area contributed by atoms with E-state index in [1.54, 1.807) is 33.9 Å². The van der Waals surface area contributed by atoms with Gasteiger partial charge in [-0.2, -0.15) is 0 Å². The molecule has 9 nitrogen and oxygen atoms in total. The highest BCUT2D eigenvalue weighted by Crippen LogP contribution is 2.51. The van der Waals surface area contributed by atoms with Gasteiger partial charge in [-0.05, 0) is 22.9 Å². The maximum atomic E-state index is 13.8. The van der Waals surface area contributed by atoms with Crippen LogP contribution in [0.25, 0.3) is 0 Å². The Morgan fingerprint density at radius 1 is 1.38 bits per heavy atom. The van der Waals surface area contributed by atoms with Crippen LogP contribution in [0.3, 0.4) is 0 Å². The lowest BCUT2D eigenvalue weighted by Gasteiger charge is -2.53. The number of hydrogen-bond donors (Lipinski definition) is 0. The second kappa shape index (κ2) is 5.64. The molecule has 11 heteroatoms. The van der Waals surface area contributed by atoms with Crippen molar-refractivity contribution >= 4 is 32.8 Å². The molecule has 1 unspecified atom stereocenters. The van der Waals surface area contributed by atoms with Crippen LogP contribution in [-0.4, -0.2) is 62.9 Å². The summed E-state index contributed by atoms with van der Waals surface area (Å²) in [6, 6.07) is 0. The van der Waals surface area contributed by atoms with E-state index < -0.39 is 37.3 Å². The number of ether oxygens (including phenoxy) is 1. The molecule has 26 heavy (non-hydrogen) atoms. The van der Waals surface area contributed by atoms with Gasteiger partial charge >= 0.3 is 0 Å². The van der Waals surface area contributed by atoms with E-state index in [2.05, 4.69) is 15.5 Å². The molecule has 0 radical (unpaired) electrons. The van der Waals surface area contributed by atoms with Gasteiger partial charge in [0.2, 0.25) is 4.75 Å². The molecule has 0 saturated carbocycles. The van der Waals surface area contributed by atoms with Crippen LogP contribution in [0.5, 0.6) is 0 Å². The molecule has 2 aliphatic rings. The average Bonchev–Trinajstić information content (AvgIpc) is 2.94. The van der Waals surface area contributed by atoms with E-state index in [4.69, 9.17) is 17.0 Å². The number of tetrazole rings is 1. The van der Waals surface area contributed by atoms with E-state index in [0.717, 1.165) is 0 Å². The van der Waals surface area contributed by atoms with Crippen molar-refractivity contribution in [2.75, 3.05) is 7.11 Å².